The van der Waals surface area contributed by atoms with E-state index in [1.165, 1.54) is 16.7 Å². The van der Waals surface area contributed by atoms with E-state index in [1.807, 2.05) is 41.1 Å². The zero-order valence-corrected chi connectivity index (χ0v) is 17.7. The van der Waals surface area contributed by atoms with Gasteiger partial charge in [0.2, 0.25) is 5.91 Å². The van der Waals surface area contributed by atoms with Crippen LogP contribution in [0.5, 0.6) is 0 Å². The molecule has 144 valence electrons. The number of rotatable bonds is 4. The highest BCUT2D eigenvalue weighted by molar-refractivity contribution is 7.15. The standard InChI is InChI=1S/C22H21N3OS.ClH/c1-14-4-7-17(8-5-14)20-12-25-19(13-27-22(25)24-20)11-21(26)23-18-9-6-15(2)16(3)10-18;/h4-10,12-13H,11H2,1-3H3,(H,23,26);1H. The number of halogens is 1. The van der Waals surface area contributed by atoms with Crippen molar-refractivity contribution in [2.45, 2.75) is 27.2 Å². The SMILES string of the molecule is Cc1ccc(-c2cn3c(CC(=O)Nc4ccc(C)c(C)c4)csc3n2)cc1.Cl. The largest absolute Gasteiger partial charge is 0.326 e. The minimum atomic E-state index is -0.0245. The number of benzene rings is 2. The number of carbonyl (C=O) groups is 1. The molecule has 0 atom stereocenters. The van der Waals surface area contributed by atoms with Crippen molar-refractivity contribution in [2.75, 3.05) is 5.32 Å². The number of amides is 1. The third-order valence-corrected chi connectivity index (χ3v) is 5.65. The van der Waals surface area contributed by atoms with E-state index in [-0.39, 0.29) is 18.3 Å². The van der Waals surface area contributed by atoms with E-state index < -0.39 is 0 Å². The summed E-state index contributed by atoms with van der Waals surface area (Å²) >= 11 is 1.56. The van der Waals surface area contributed by atoms with Crippen molar-refractivity contribution in [3.63, 3.8) is 0 Å². The lowest BCUT2D eigenvalue weighted by Crippen LogP contribution is -2.15. The molecule has 1 N–H and O–H groups in total. The molecule has 0 aliphatic heterocycles. The van der Waals surface area contributed by atoms with E-state index in [9.17, 15) is 4.79 Å². The predicted octanol–water partition coefficient (Wildman–Crippen LogP) is 5.59. The minimum absolute atomic E-state index is 0. The first kappa shape index (κ1) is 20.1. The second kappa shape index (κ2) is 8.17. The Bertz CT molecular complexity index is 1130. The molecule has 0 fully saturated rings. The van der Waals surface area contributed by atoms with Gasteiger partial charge >= 0.3 is 0 Å². The van der Waals surface area contributed by atoms with E-state index in [0.717, 1.165) is 27.6 Å². The van der Waals surface area contributed by atoms with Crippen LogP contribution in [0.15, 0.2) is 54.0 Å². The van der Waals surface area contributed by atoms with Gasteiger partial charge in [0.25, 0.3) is 0 Å². The van der Waals surface area contributed by atoms with Crippen molar-refractivity contribution in [1.29, 1.82) is 0 Å². The molecule has 6 heteroatoms. The average molecular weight is 412 g/mol. The van der Waals surface area contributed by atoms with Crippen LogP contribution >= 0.6 is 23.7 Å². The van der Waals surface area contributed by atoms with Crippen molar-refractivity contribution in [3.8, 4) is 11.3 Å². The molecule has 0 saturated heterocycles. The molecule has 28 heavy (non-hydrogen) atoms. The zero-order chi connectivity index (χ0) is 19.0. The first-order valence-electron chi connectivity index (χ1n) is 8.89. The second-order valence-electron chi connectivity index (χ2n) is 6.90. The molecule has 0 spiro atoms. The Hall–Kier alpha value is -2.63. The van der Waals surface area contributed by atoms with Gasteiger partial charge in [0, 0.05) is 28.5 Å². The summed E-state index contributed by atoms with van der Waals surface area (Å²) in [5.74, 6) is -0.0245. The number of carbonyl (C=O) groups excluding carboxylic acids is 1. The fraction of sp³-hybridized carbons (Fsp3) is 0.182. The molecule has 0 radical (unpaired) electrons. The molecule has 0 unspecified atom stereocenters. The molecule has 4 aromatic rings. The van der Waals surface area contributed by atoms with Crippen LogP contribution in [0.3, 0.4) is 0 Å². The van der Waals surface area contributed by atoms with Crippen molar-refractivity contribution >= 4 is 40.3 Å². The van der Waals surface area contributed by atoms with Crippen molar-refractivity contribution < 1.29 is 4.79 Å². The lowest BCUT2D eigenvalue weighted by Gasteiger charge is -2.07. The van der Waals surface area contributed by atoms with Crippen LogP contribution in [-0.4, -0.2) is 15.3 Å². The molecular formula is C22H22ClN3OS. The highest BCUT2D eigenvalue weighted by Gasteiger charge is 2.13. The Kier molecular flexibility index (Phi) is 5.87. The van der Waals surface area contributed by atoms with Gasteiger partial charge in [-0.15, -0.1) is 23.7 Å². The summed E-state index contributed by atoms with van der Waals surface area (Å²) < 4.78 is 2.01. The lowest BCUT2D eigenvalue weighted by molar-refractivity contribution is -0.115. The van der Waals surface area contributed by atoms with Gasteiger partial charge in [-0.05, 0) is 44.0 Å². The zero-order valence-electron chi connectivity index (χ0n) is 16.0. The summed E-state index contributed by atoms with van der Waals surface area (Å²) in [6, 6.07) is 14.3. The Morgan fingerprint density at radius 2 is 1.82 bits per heavy atom. The van der Waals surface area contributed by atoms with Crippen LogP contribution in [0.1, 0.15) is 22.4 Å². The third-order valence-electron chi connectivity index (χ3n) is 4.76. The topological polar surface area (TPSA) is 46.4 Å². The molecule has 2 aromatic heterocycles. The van der Waals surface area contributed by atoms with Crippen molar-refractivity contribution in [1.82, 2.24) is 9.38 Å². The molecule has 2 aromatic carbocycles. The maximum atomic E-state index is 12.5. The number of aromatic nitrogens is 2. The Morgan fingerprint density at radius 3 is 2.54 bits per heavy atom. The molecule has 0 bridgehead atoms. The number of aryl methyl sites for hydroxylation is 3. The van der Waals surface area contributed by atoms with E-state index >= 15 is 0 Å². The molecular weight excluding hydrogens is 390 g/mol. The summed E-state index contributed by atoms with van der Waals surface area (Å²) in [6.45, 7) is 6.18. The number of thiazole rings is 1. The minimum Gasteiger partial charge on any atom is -0.326 e. The Morgan fingerprint density at radius 1 is 1.07 bits per heavy atom. The first-order valence-corrected chi connectivity index (χ1v) is 9.77. The van der Waals surface area contributed by atoms with Crippen LogP contribution in [0.4, 0.5) is 5.69 Å². The third kappa shape index (κ3) is 4.11. The quantitative estimate of drug-likeness (QED) is 0.475. The first-order chi connectivity index (χ1) is 13.0. The van der Waals surface area contributed by atoms with E-state index in [2.05, 4.69) is 43.4 Å². The summed E-state index contributed by atoms with van der Waals surface area (Å²) in [5, 5.41) is 4.99. The van der Waals surface area contributed by atoms with Crippen LogP contribution in [0, 0.1) is 20.8 Å². The number of nitrogens with zero attached hydrogens (tertiary/aromatic N) is 2. The number of fused-ring (bicyclic) bond motifs is 1. The van der Waals surface area contributed by atoms with Crippen LogP contribution in [0.2, 0.25) is 0 Å². The van der Waals surface area contributed by atoms with Gasteiger partial charge in [0.1, 0.15) is 0 Å². The number of hydrogen-bond acceptors (Lipinski definition) is 3. The summed E-state index contributed by atoms with van der Waals surface area (Å²) in [4.78, 5) is 18.1. The second-order valence-corrected chi connectivity index (χ2v) is 7.73. The summed E-state index contributed by atoms with van der Waals surface area (Å²) in [5.41, 5.74) is 7.41. The number of nitrogens with one attached hydrogen (secondary N) is 1. The van der Waals surface area contributed by atoms with Gasteiger partial charge in [-0.3, -0.25) is 9.20 Å². The van der Waals surface area contributed by atoms with Gasteiger partial charge in [0.05, 0.1) is 12.1 Å². The van der Waals surface area contributed by atoms with Gasteiger partial charge in [-0.2, -0.15) is 0 Å². The van der Waals surface area contributed by atoms with E-state index in [1.54, 1.807) is 11.3 Å². The average Bonchev–Trinajstić information content (AvgIpc) is 3.21. The fourth-order valence-electron chi connectivity index (χ4n) is 3.01. The fourth-order valence-corrected chi connectivity index (χ4v) is 3.88. The van der Waals surface area contributed by atoms with Crippen LogP contribution in [0.25, 0.3) is 16.2 Å². The number of hydrogen-bond donors (Lipinski definition) is 1. The van der Waals surface area contributed by atoms with E-state index in [0.29, 0.717) is 6.42 Å². The molecule has 2 heterocycles. The van der Waals surface area contributed by atoms with Gasteiger partial charge in [-0.1, -0.05) is 35.9 Å². The molecule has 0 aliphatic rings. The Balaban J connectivity index is 0.00000225. The predicted molar refractivity (Wildman–Crippen MR) is 119 cm³/mol. The normalized spacial score (nSPS) is 10.7. The highest BCUT2D eigenvalue weighted by atomic mass is 35.5. The summed E-state index contributed by atoms with van der Waals surface area (Å²) in [7, 11) is 0. The van der Waals surface area contributed by atoms with Crippen LogP contribution < -0.4 is 5.32 Å². The Labute approximate surface area is 174 Å². The molecule has 1 amide bonds. The van der Waals surface area contributed by atoms with Crippen molar-refractivity contribution in [3.05, 3.63) is 76.4 Å². The molecule has 4 rings (SSSR count). The number of anilines is 1. The monoisotopic (exact) mass is 411 g/mol. The molecule has 4 nitrogen and oxygen atoms in total. The van der Waals surface area contributed by atoms with Crippen molar-refractivity contribution in [2.24, 2.45) is 0 Å². The van der Waals surface area contributed by atoms with Gasteiger partial charge in [-0.25, -0.2) is 4.98 Å². The maximum Gasteiger partial charge on any atom is 0.230 e. The smallest absolute Gasteiger partial charge is 0.230 e. The molecule has 0 aliphatic carbocycles. The van der Waals surface area contributed by atoms with Crippen LogP contribution in [-0.2, 0) is 11.2 Å². The molecule has 0 saturated carbocycles. The number of imidazole rings is 1. The lowest BCUT2D eigenvalue weighted by atomic mass is 10.1. The maximum absolute atomic E-state index is 12.5. The van der Waals surface area contributed by atoms with Gasteiger partial charge in [0.15, 0.2) is 4.96 Å². The summed E-state index contributed by atoms with van der Waals surface area (Å²) in [6.07, 6.45) is 2.33. The van der Waals surface area contributed by atoms with Gasteiger partial charge < -0.3 is 5.32 Å². The highest BCUT2D eigenvalue weighted by Crippen LogP contribution is 2.24. The van der Waals surface area contributed by atoms with E-state index in [4.69, 9.17) is 4.98 Å².